The third kappa shape index (κ3) is 3.36. The van der Waals surface area contributed by atoms with E-state index in [-0.39, 0.29) is 6.54 Å². The molecule has 1 aromatic carbocycles. The van der Waals surface area contributed by atoms with Gasteiger partial charge in [0.25, 0.3) is 5.91 Å². The van der Waals surface area contributed by atoms with Crippen molar-refractivity contribution in [2.24, 2.45) is 5.10 Å². The Labute approximate surface area is 146 Å². The standard InChI is InChI=1S/C13H12Cl2N6O3/c14-7-2-1-6(8(15)3-7)4-16-20-9(22)5-21-11-10(18-13(21)24)17-12(23)19-11/h1-4,10-11H,5H2,(H,18,24)(H,20,22)(H2,17,19,23)/b16-4+. The van der Waals surface area contributed by atoms with Crippen LogP contribution in [0.2, 0.25) is 10.0 Å². The van der Waals surface area contributed by atoms with Crippen molar-refractivity contribution in [2.75, 3.05) is 6.54 Å². The second-order valence-corrected chi connectivity index (χ2v) is 5.92. The zero-order valence-electron chi connectivity index (χ0n) is 12.0. The lowest BCUT2D eigenvalue weighted by Crippen LogP contribution is -2.47. The van der Waals surface area contributed by atoms with Crippen molar-refractivity contribution in [3.63, 3.8) is 0 Å². The van der Waals surface area contributed by atoms with Crippen molar-refractivity contribution < 1.29 is 14.4 Å². The molecular formula is C13H12Cl2N6O3. The van der Waals surface area contributed by atoms with Crippen LogP contribution in [0, 0.1) is 0 Å². The van der Waals surface area contributed by atoms with Crippen molar-refractivity contribution in [3.05, 3.63) is 33.8 Å². The summed E-state index contributed by atoms with van der Waals surface area (Å²) >= 11 is 11.8. The smallest absolute Gasteiger partial charge is 0.314 e. The number of hydrazone groups is 1. The van der Waals surface area contributed by atoms with Crippen molar-refractivity contribution in [3.8, 4) is 0 Å². The molecule has 0 bridgehead atoms. The molecule has 0 radical (unpaired) electrons. The van der Waals surface area contributed by atoms with E-state index in [1.165, 1.54) is 11.1 Å². The number of carbonyl (C=O) groups excluding carboxylic acids is 3. The van der Waals surface area contributed by atoms with E-state index in [1.807, 2.05) is 0 Å². The van der Waals surface area contributed by atoms with Crippen molar-refractivity contribution in [2.45, 2.75) is 12.3 Å². The van der Waals surface area contributed by atoms with Crippen molar-refractivity contribution >= 4 is 47.4 Å². The molecular weight excluding hydrogens is 359 g/mol. The van der Waals surface area contributed by atoms with Gasteiger partial charge < -0.3 is 16.0 Å². The molecule has 11 heteroatoms. The highest BCUT2D eigenvalue weighted by Gasteiger charge is 2.45. The van der Waals surface area contributed by atoms with Crippen LogP contribution in [0.1, 0.15) is 5.56 Å². The molecule has 9 nitrogen and oxygen atoms in total. The summed E-state index contributed by atoms with van der Waals surface area (Å²) in [6.45, 7) is -0.263. The maximum atomic E-state index is 11.9. The first-order valence-corrected chi connectivity index (χ1v) is 7.61. The van der Waals surface area contributed by atoms with E-state index in [4.69, 9.17) is 23.2 Å². The van der Waals surface area contributed by atoms with Crippen LogP contribution in [0.5, 0.6) is 0 Å². The molecule has 2 heterocycles. The fourth-order valence-corrected chi connectivity index (χ4v) is 2.79. The average Bonchev–Trinajstić information content (AvgIpc) is 2.99. The second-order valence-electron chi connectivity index (χ2n) is 5.08. The number of amides is 5. The summed E-state index contributed by atoms with van der Waals surface area (Å²) in [5.41, 5.74) is 2.87. The highest BCUT2D eigenvalue weighted by Crippen LogP contribution is 2.19. The third-order valence-corrected chi connectivity index (χ3v) is 3.99. The van der Waals surface area contributed by atoms with E-state index < -0.39 is 30.3 Å². The summed E-state index contributed by atoms with van der Waals surface area (Å²) in [4.78, 5) is 36.1. The van der Waals surface area contributed by atoms with Gasteiger partial charge >= 0.3 is 12.1 Å². The normalized spacial score (nSPS) is 22.2. The maximum Gasteiger partial charge on any atom is 0.321 e. The first-order valence-electron chi connectivity index (χ1n) is 6.85. The number of fused-ring (bicyclic) bond motifs is 1. The Morgan fingerprint density at radius 2 is 2.08 bits per heavy atom. The lowest BCUT2D eigenvalue weighted by molar-refractivity contribution is -0.121. The summed E-state index contributed by atoms with van der Waals surface area (Å²) in [5, 5.41) is 12.3. The predicted octanol–water partition coefficient (Wildman–Crippen LogP) is 0.434. The van der Waals surface area contributed by atoms with Crippen LogP contribution in [-0.2, 0) is 4.79 Å². The molecule has 2 fully saturated rings. The summed E-state index contributed by atoms with van der Waals surface area (Å²) in [7, 11) is 0. The van der Waals surface area contributed by atoms with Gasteiger partial charge in [0.1, 0.15) is 18.9 Å². The lowest BCUT2D eigenvalue weighted by Gasteiger charge is -2.19. The highest BCUT2D eigenvalue weighted by atomic mass is 35.5. The van der Waals surface area contributed by atoms with E-state index in [2.05, 4.69) is 26.5 Å². The van der Waals surface area contributed by atoms with E-state index >= 15 is 0 Å². The quantitative estimate of drug-likeness (QED) is 0.455. The van der Waals surface area contributed by atoms with Gasteiger partial charge in [0.2, 0.25) is 0 Å². The predicted molar refractivity (Wildman–Crippen MR) is 86.7 cm³/mol. The van der Waals surface area contributed by atoms with Crippen LogP contribution in [0.3, 0.4) is 0 Å². The van der Waals surface area contributed by atoms with Crippen molar-refractivity contribution in [1.29, 1.82) is 0 Å². The van der Waals surface area contributed by atoms with Gasteiger partial charge in [-0.15, -0.1) is 0 Å². The molecule has 0 aliphatic carbocycles. The van der Waals surface area contributed by atoms with Gasteiger partial charge in [-0.25, -0.2) is 15.0 Å². The minimum Gasteiger partial charge on any atom is -0.314 e. The Kier molecular flexibility index (Phi) is 4.45. The Hall–Kier alpha value is -2.52. The molecule has 126 valence electrons. The second kappa shape index (κ2) is 6.54. The number of urea groups is 2. The third-order valence-electron chi connectivity index (χ3n) is 3.43. The van der Waals surface area contributed by atoms with E-state index in [9.17, 15) is 14.4 Å². The van der Waals surface area contributed by atoms with Gasteiger partial charge in [0.15, 0.2) is 0 Å². The first kappa shape index (κ1) is 16.3. The van der Waals surface area contributed by atoms with Crippen LogP contribution in [0.4, 0.5) is 9.59 Å². The molecule has 2 unspecified atom stereocenters. The van der Waals surface area contributed by atoms with Gasteiger partial charge in [-0.05, 0) is 12.1 Å². The number of carbonyl (C=O) groups is 3. The van der Waals surface area contributed by atoms with E-state index in [0.717, 1.165) is 0 Å². The molecule has 0 aromatic heterocycles. The largest absolute Gasteiger partial charge is 0.321 e. The molecule has 4 N–H and O–H groups in total. The van der Waals surface area contributed by atoms with E-state index in [1.54, 1.807) is 18.2 Å². The summed E-state index contributed by atoms with van der Waals surface area (Å²) in [5.74, 6) is -0.520. The van der Waals surface area contributed by atoms with Gasteiger partial charge in [0.05, 0.1) is 11.2 Å². The van der Waals surface area contributed by atoms with Crippen LogP contribution in [0.15, 0.2) is 23.3 Å². The molecule has 5 amide bonds. The minimum atomic E-state index is -0.620. The van der Waals surface area contributed by atoms with Crippen molar-refractivity contribution in [1.82, 2.24) is 26.3 Å². The maximum absolute atomic E-state index is 11.9. The van der Waals surface area contributed by atoms with Crippen LogP contribution >= 0.6 is 23.2 Å². The number of nitrogens with zero attached hydrogens (tertiary/aromatic N) is 2. The molecule has 2 aliphatic rings. The summed E-state index contributed by atoms with van der Waals surface area (Å²) < 4.78 is 0. The molecule has 24 heavy (non-hydrogen) atoms. The van der Waals surface area contributed by atoms with Crippen LogP contribution in [-0.4, -0.2) is 48.0 Å². The number of halogens is 2. The molecule has 0 saturated carbocycles. The van der Waals surface area contributed by atoms with Gasteiger partial charge in [-0.2, -0.15) is 5.10 Å². The Balaban J connectivity index is 1.57. The summed E-state index contributed by atoms with van der Waals surface area (Å²) in [6.07, 6.45) is 0.182. The van der Waals surface area contributed by atoms with Gasteiger partial charge in [0, 0.05) is 10.6 Å². The number of hydrogen-bond donors (Lipinski definition) is 4. The van der Waals surface area contributed by atoms with E-state index in [0.29, 0.717) is 15.6 Å². The van der Waals surface area contributed by atoms with Crippen LogP contribution < -0.4 is 21.4 Å². The topological polar surface area (TPSA) is 115 Å². The fraction of sp³-hybridized carbons (Fsp3) is 0.231. The molecule has 2 aliphatic heterocycles. The minimum absolute atomic E-state index is 0.263. The zero-order chi connectivity index (χ0) is 17.3. The molecule has 0 spiro atoms. The Bertz CT molecular complexity index is 740. The average molecular weight is 371 g/mol. The number of rotatable bonds is 4. The zero-order valence-corrected chi connectivity index (χ0v) is 13.6. The number of benzene rings is 1. The first-order chi connectivity index (χ1) is 11.4. The van der Waals surface area contributed by atoms with Gasteiger partial charge in [-0.1, -0.05) is 29.3 Å². The Morgan fingerprint density at radius 1 is 1.29 bits per heavy atom. The highest BCUT2D eigenvalue weighted by molar-refractivity contribution is 6.36. The van der Waals surface area contributed by atoms with Gasteiger partial charge in [-0.3, -0.25) is 9.69 Å². The molecule has 2 atom stereocenters. The molecule has 1 aromatic rings. The fourth-order valence-electron chi connectivity index (χ4n) is 2.33. The molecule has 2 saturated heterocycles. The monoisotopic (exact) mass is 370 g/mol. The SMILES string of the molecule is O=C(CN1C(=O)NC2NC(=O)NC21)N/N=C/c1ccc(Cl)cc1Cl. The Morgan fingerprint density at radius 3 is 2.83 bits per heavy atom. The van der Waals surface area contributed by atoms with Crippen LogP contribution in [0.25, 0.3) is 0 Å². The number of nitrogens with one attached hydrogen (secondary N) is 4. The molecule has 3 rings (SSSR count). The lowest BCUT2D eigenvalue weighted by atomic mass is 10.2. The number of hydrogen-bond acceptors (Lipinski definition) is 4. The summed E-state index contributed by atoms with van der Waals surface area (Å²) in [6, 6.07) is 3.97.